The van der Waals surface area contributed by atoms with E-state index in [-0.39, 0.29) is 11.7 Å². The quantitative estimate of drug-likeness (QED) is 0.627. The summed E-state index contributed by atoms with van der Waals surface area (Å²) in [6.45, 7) is 4.44. The standard InChI is InChI=1S/C23H24FN3O2S/c1-2-29-18-5-3-4-16(12-18)14-26-22-19-13-17(24)6-7-21(19)25-15-20(22)23(28)27-8-10-30-11-9-27/h3-7,12-13,15H,2,8-11,14H2,1H3,(H,25,26). The van der Waals surface area contributed by atoms with Crippen molar-refractivity contribution < 1.29 is 13.9 Å². The van der Waals surface area contributed by atoms with Crippen LogP contribution in [0.2, 0.25) is 0 Å². The van der Waals surface area contributed by atoms with Gasteiger partial charge < -0.3 is 15.0 Å². The Labute approximate surface area is 179 Å². The largest absolute Gasteiger partial charge is 0.494 e. The number of hydrogen-bond donors (Lipinski definition) is 1. The number of halogens is 1. The van der Waals surface area contributed by atoms with Gasteiger partial charge in [-0.3, -0.25) is 9.78 Å². The van der Waals surface area contributed by atoms with Gasteiger partial charge in [-0.2, -0.15) is 11.8 Å². The zero-order valence-electron chi connectivity index (χ0n) is 16.9. The van der Waals surface area contributed by atoms with Crippen molar-refractivity contribution in [3.8, 4) is 5.75 Å². The summed E-state index contributed by atoms with van der Waals surface area (Å²) in [7, 11) is 0. The van der Waals surface area contributed by atoms with E-state index in [0.717, 1.165) is 22.8 Å². The summed E-state index contributed by atoms with van der Waals surface area (Å²) in [6.07, 6.45) is 1.60. The van der Waals surface area contributed by atoms with Crippen LogP contribution in [0.4, 0.5) is 10.1 Å². The van der Waals surface area contributed by atoms with Crippen molar-refractivity contribution >= 4 is 34.3 Å². The van der Waals surface area contributed by atoms with Crippen molar-refractivity contribution in [1.82, 2.24) is 9.88 Å². The Morgan fingerprint density at radius 1 is 1.23 bits per heavy atom. The first kappa shape index (κ1) is 20.5. The van der Waals surface area contributed by atoms with Crippen molar-refractivity contribution in [3.63, 3.8) is 0 Å². The van der Waals surface area contributed by atoms with Crippen molar-refractivity contribution in [2.24, 2.45) is 0 Å². The molecule has 30 heavy (non-hydrogen) atoms. The van der Waals surface area contributed by atoms with Crippen LogP contribution in [0.15, 0.2) is 48.7 Å². The van der Waals surface area contributed by atoms with E-state index in [1.54, 1.807) is 12.3 Å². The number of carbonyl (C=O) groups is 1. The van der Waals surface area contributed by atoms with Crippen LogP contribution in [-0.4, -0.2) is 47.0 Å². The lowest BCUT2D eigenvalue weighted by atomic mass is 10.1. The predicted molar refractivity (Wildman–Crippen MR) is 120 cm³/mol. The van der Waals surface area contributed by atoms with Crippen LogP contribution >= 0.6 is 11.8 Å². The summed E-state index contributed by atoms with van der Waals surface area (Å²) in [5, 5.41) is 3.98. The molecule has 2 aromatic carbocycles. The van der Waals surface area contributed by atoms with Gasteiger partial charge in [-0.05, 0) is 42.8 Å². The number of amides is 1. The number of nitrogens with zero attached hydrogens (tertiary/aromatic N) is 2. The normalized spacial score (nSPS) is 14.0. The lowest BCUT2D eigenvalue weighted by Gasteiger charge is -2.27. The van der Waals surface area contributed by atoms with E-state index in [1.165, 1.54) is 12.1 Å². The Bertz CT molecular complexity index is 1050. The highest BCUT2D eigenvalue weighted by molar-refractivity contribution is 7.99. The van der Waals surface area contributed by atoms with E-state index in [1.807, 2.05) is 47.9 Å². The number of rotatable bonds is 6. The van der Waals surface area contributed by atoms with Crippen molar-refractivity contribution in [3.05, 3.63) is 65.6 Å². The molecule has 0 radical (unpaired) electrons. The fraction of sp³-hybridized carbons (Fsp3) is 0.304. The van der Waals surface area contributed by atoms with Crippen LogP contribution in [0.5, 0.6) is 5.75 Å². The second-order valence-electron chi connectivity index (χ2n) is 7.05. The zero-order chi connectivity index (χ0) is 20.9. The third-order valence-corrected chi connectivity index (χ3v) is 5.98. The summed E-state index contributed by atoms with van der Waals surface area (Å²) in [5.74, 6) is 2.22. The maximum Gasteiger partial charge on any atom is 0.257 e. The smallest absolute Gasteiger partial charge is 0.257 e. The molecule has 7 heteroatoms. The maximum absolute atomic E-state index is 14.0. The molecule has 0 unspecified atom stereocenters. The van der Waals surface area contributed by atoms with Crippen molar-refractivity contribution in [2.75, 3.05) is 36.5 Å². The number of anilines is 1. The summed E-state index contributed by atoms with van der Waals surface area (Å²) < 4.78 is 19.6. The molecule has 1 amide bonds. The molecule has 0 spiro atoms. The van der Waals surface area contributed by atoms with Gasteiger partial charge in [0.15, 0.2) is 0 Å². The minimum Gasteiger partial charge on any atom is -0.494 e. The molecule has 0 aliphatic carbocycles. The van der Waals surface area contributed by atoms with E-state index in [2.05, 4.69) is 10.3 Å². The van der Waals surface area contributed by atoms with E-state index >= 15 is 0 Å². The average molecular weight is 426 g/mol. The number of ether oxygens (including phenoxy) is 1. The molecule has 1 N–H and O–H groups in total. The van der Waals surface area contributed by atoms with Crippen LogP contribution in [0.1, 0.15) is 22.8 Å². The molecule has 0 atom stereocenters. The fourth-order valence-corrected chi connectivity index (χ4v) is 4.46. The van der Waals surface area contributed by atoms with Crippen LogP contribution in [-0.2, 0) is 6.54 Å². The number of pyridine rings is 1. The highest BCUT2D eigenvalue weighted by atomic mass is 32.2. The minimum absolute atomic E-state index is 0.0699. The van der Waals surface area contributed by atoms with Gasteiger partial charge in [-0.25, -0.2) is 4.39 Å². The number of benzene rings is 2. The second-order valence-corrected chi connectivity index (χ2v) is 8.27. The number of thioether (sulfide) groups is 1. The molecule has 1 aliphatic heterocycles. The first-order valence-electron chi connectivity index (χ1n) is 10.1. The van der Waals surface area contributed by atoms with Crippen LogP contribution in [0.25, 0.3) is 10.9 Å². The van der Waals surface area contributed by atoms with Crippen LogP contribution in [0, 0.1) is 5.82 Å². The maximum atomic E-state index is 14.0. The fourth-order valence-electron chi connectivity index (χ4n) is 3.56. The van der Waals surface area contributed by atoms with Crippen molar-refractivity contribution in [1.29, 1.82) is 0 Å². The molecule has 0 saturated carbocycles. The summed E-state index contributed by atoms with van der Waals surface area (Å²) >= 11 is 1.85. The Balaban J connectivity index is 1.69. The molecule has 1 saturated heterocycles. The molecule has 1 aromatic heterocycles. The molecule has 156 valence electrons. The highest BCUT2D eigenvalue weighted by Gasteiger charge is 2.23. The molecule has 4 rings (SSSR count). The van der Waals surface area contributed by atoms with Crippen LogP contribution < -0.4 is 10.1 Å². The predicted octanol–water partition coefficient (Wildman–Crippen LogP) is 4.57. The van der Waals surface area contributed by atoms with Crippen molar-refractivity contribution in [2.45, 2.75) is 13.5 Å². The van der Waals surface area contributed by atoms with Gasteiger partial charge in [0.05, 0.1) is 23.4 Å². The van der Waals surface area contributed by atoms with Gasteiger partial charge in [-0.1, -0.05) is 12.1 Å². The third kappa shape index (κ3) is 4.51. The number of nitrogens with one attached hydrogen (secondary N) is 1. The number of carbonyl (C=O) groups excluding carboxylic acids is 1. The first-order chi connectivity index (χ1) is 14.7. The van der Waals surface area contributed by atoms with E-state index in [9.17, 15) is 9.18 Å². The second kappa shape index (κ2) is 9.34. The van der Waals surface area contributed by atoms with Gasteiger partial charge in [-0.15, -0.1) is 0 Å². The van der Waals surface area contributed by atoms with E-state index in [4.69, 9.17) is 4.74 Å². The summed E-state index contributed by atoms with van der Waals surface area (Å²) in [6, 6.07) is 12.2. The Hall–Kier alpha value is -2.80. The zero-order valence-corrected chi connectivity index (χ0v) is 17.7. The lowest BCUT2D eigenvalue weighted by Crippen LogP contribution is -2.38. The number of fused-ring (bicyclic) bond motifs is 1. The third-order valence-electron chi connectivity index (χ3n) is 5.04. The van der Waals surface area contributed by atoms with Gasteiger partial charge in [0.25, 0.3) is 5.91 Å². The number of hydrogen-bond acceptors (Lipinski definition) is 5. The summed E-state index contributed by atoms with van der Waals surface area (Å²) in [4.78, 5) is 19.5. The molecular weight excluding hydrogens is 401 g/mol. The Morgan fingerprint density at radius 2 is 2.07 bits per heavy atom. The molecule has 1 aliphatic rings. The van der Waals surface area contributed by atoms with E-state index < -0.39 is 0 Å². The van der Waals surface area contributed by atoms with Crippen LogP contribution in [0.3, 0.4) is 0 Å². The first-order valence-corrected chi connectivity index (χ1v) is 11.2. The van der Waals surface area contributed by atoms with Gasteiger partial charge in [0.2, 0.25) is 0 Å². The minimum atomic E-state index is -0.357. The highest BCUT2D eigenvalue weighted by Crippen LogP contribution is 2.29. The summed E-state index contributed by atoms with van der Waals surface area (Å²) in [5.41, 5.74) is 2.74. The monoisotopic (exact) mass is 425 g/mol. The SMILES string of the molecule is CCOc1cccc(CNc2c(C(=O)N3CCSCC3)cnc3ccc(F)cc23)c1. The van der Waals surface area contributed by atoms with Gasteiger partial charge in [0, 0.05) is 42.7 Å². The molecule has 1 fully saturated rings. The van der Waals surface area contributed by atoms with E-state index in [0.29, 0.717) is 48.4 Å². The molecule has 2 heterocycles. The Kier molecular flexibility index (Phi) is 6.38. The van der Waals surface area contributed by atoms with Gasteiger partial charge in [0.1, 0.15) is 11.6 Å². The average Bonchev–Trinajstić information content (AvgIpc) is 2.78. The molecule has 5 nitrogen and oxygen atoms in total. The number of aromatic nitrogens is 1. The molecule has 0 bridgehead atoms. The molecular formula is C23H24FN3O2S. The Morgan fingerprint density at radius 3 is 2.87 bits per heavy atom. The van der Waals surface area contributed by atoms with Gasteiger partial charge >= 0.3 is 0 Å². The lowest BCUT2D eigenvalue weighted by molar-refractivity contribution is 0.0773. The molecule has 3 aromatic rings. The topological polar surface area (TPSA) is 54.5 Å².